The van der Waals surface area contributed by atoms with Gasteiger partial charge in [-0.05, 0) is 42.3 Å². The molecule has 0 unspecified atom stereocenters. The Morgan fingerprint density at radius 2 is 1.81 bits per heavy atom. The molecule has 0 bridgehead atoms. The third-order valence-corrected chi connectivity index (χ3v) is 3.68. The van der Waals surface area contributed by atoms with Crippen molar-refractivity contribution in [2.75, 3.05) is 6.54 Å². The minimum Gasteiger partial charge on any atom is -0.312 e. The maximum absolute atomic E-state index is 10.7. The van der Waals surface area contributed by atoms with Crippen LogP contribution >= 0.6 is 23.2 Å². The van der Waals surface area contributed by atoms with Gasteiger partial charge >= 0.3 is 0 Å². The largest absolute Gasteiger partial charge is 0.312 e. The van der Waals surface area contributed by atoms with E-state index in [-0.39, 0.29) is 5.69 Å². The maximum Gasteiger partial charge on any atom is 0.269 e. The number of nitrogens with one attached hydrogen (secondary N) is 1. The van der Waals surface area contributed by atoms with Crippen LogP contribution in [-0.2, 0) is 13.0 Å². The van der Waals surface area contributed by atoms with Gasteiger partial charge in [0, 0.05) is 28.7 Å². The molecular weight excluding hydrogens is 311 g/mol. The van der Waals surface area contributed by atoms with E-state index in [2.05, 4.69) is 5.32 Å². The third kappa shape index (κ3) is 4.70. The lowest BCUT2D eigenvalue weighted by Crippen LogP contribution is -2.17. The van der Waals surface area contributed by atoms with Crippen LogP contribution in [-0.4, -0.2) is 11.5 Å². The predicted molar refractivity (Wildman–Crippen MR) is 85.0 cm³/mol. The predicted octanol–water partition coefficient (Wildman–Crippen LogP) is 4.23. The van der Waals surface area contributed by atoms with E-state index in [9.17, 15) is 10.1 Å². The Hall–Kier alpha value is -1.62. The van der Waals surface area contributed by atoms with E-state index in [1.807, 2.05) is 24.3 Å². The van der Waals surface area contributed by atoms with E-state index in [1.165, 1.54) is 17.7 Å². The van der Waals surface area contributed by atoms with Crippen LogP contribution in [0.5, 0.6) is 0 Å². The zero-order valence-corrected chi connectivity index (χ0v) is 12.7. The highest BCUT2D eigenvalue weighted by molar-refractivity contribution is 6.31. The van der Waals surface area contributed by atoms with Crippen LogP contribution < -0.4 is 5.32 Å². The summed E-state index contributed by atoms with van der Waals surface area (Å²) in [6.45, 7) is 1.24. The molecule has 0 saturated heterocycles. The molecule has 0 aliphatic carbocycles. The number of nitrogens with zero attached hydrogens (tertiary/aromatic N) is 1. The minimum absolute atomic E-state index is 0.0499. The van der Waals surface area contributed by atoms with Gasteiger partial charge in [-0.25, -0.2) is 0 Å². The normalized spacial score (nSPS) is 10.6. The molecule has 110 valence electrons. The Morgan fingerprint density at radius 3 is 2.48 bits per heavy atom. The van der Waals surface area contributed by atoms with Crippen molar-refractivity contribution in [1.82, 2.24) is 5.32 Å². The second-order valence-corrected chi connectivity index (χ2v) is 5.43. The van der Waals surface area contributed by atoms with E-state index < -0.39 is 4.92 Å². The lowest BCUT2D eigenvalue weighted by Gasteiger charge is -2.07. The lowest BCUT2D eigenvalue weighted by molar-refractivity contribution is -0.384. The van der Waals surface area contributed by atoms with Crippen molar-refractivity contribution in [3.05, 3.63) is 73.8 Å². The second kappa shape index (κ2) is 7.41. The van der Waals surface area contributed by atoms with Crippen molar-refractivity contribution in [2.24, 2.45) is 0 Å². The van der Waals surface area contributed by atoms with Crippen LogP contribution in [0.25, 0.3) is 0 Å². The summed E-state index contributed by atoms with van der Waals surface area (Å²) in [5.74, 6) is 0. The summed E-state index contributed by atoms with van der Waals surface area (Å²) in [6, 6.07) is 12.1. The highest BCUT2D eigenvalue weighted by atomic mass is 35.5. The first-order chi connectivity index (χ1) is 10.1. The zero-order valence-electron chi connectivity index (χ0n) is 11.2. The molecule has 6 heteroatoms. The fourth-order valence-electron chi connectivity index (χ4n) is 1.92. The van der Waals surface area contributed by atoms with Crippen LogP contribution in [0.1, 0.15) is 11.1 Å². The number of rotatable bonds is 6. The molecular formula is C15H14Cl2N2O2. The van der Waals surface area contributed by atoms with Crippen LogP contribution in [0.3, 0.4) is 0 Å². The first kappa shape index (κ1) is 15.8. The Bertz CT molecular complexity index is 630. The molecule has 4 nitrogen and oxygen atoms in total. The van der Waals surface area contributed by atoms with Crippen molar-refractivity contribution in [1.29, 1.82) is 0 Å². The highest BCUT2D eigenvalue weighted by Crippen LogP contribution is 2.21. The SMILES string of the molecule is O=[N+]([O-])c1ccc(Cl)c(CNCCc2ccc(Cl)cc2)c1. The molecule has 0 fully saturated rings. The Labute approximate surface area is 132 Å². The third-order valence-electron chi connectivity index (χ3n) is 3.06. The summed E-state index contributed by atoms with van der Waals surface area (Å²) >= 11 is 11.9. The molecule has 0 amide bonds. The van der Waals surface area contributed by atoms with E-state index >= 15 is 0 Å². The average molecular weight is 325 g/mol. The summed E-state index contributed by atoms with van der Waals surface area (Å²) in [5, 5.41) is 15.2. The van der Waals surface area contributed by atoms with Gasteiger partial charge in [0.2, 0.25) is 0 Å². The van der Waals surface area contributed by atoms with E-state index in [1.54, 1.807) is 6.07 Å². The Balaban J connectivity index is 1.87. The average Bonchev–Trinajstić information content (AvgIpc) is 2.47. The van der Waals surface area contributed by atoms with Gasteiger partial charge in [-0.2, -0.15) is 0 Å². The summed E-state index contributed by atoms with van der Waals surface area (Å²) in [5.41, 5.74) is 1.95. The molecule has 2 aromatic carbocycles. The number of benzene rings is 2. The summed E-state index contributed by atoms with van der Waals surface area (Å²) < 4.78 is 0. The number of nitro benzene ring substituents is 1. The summed E-state index contributed by atoms with van der Waals surface area (Å²) in [7, 11) is 0. The summed E-state index contributed by atoms with van der Waals surface area (Å²) in [6.07, 6.45) is 0.851. The van der Waals surface area contributed by atoms with Gasteiger partial charge in [0.25, 0.3) is 5.69 Å². The van der Waals surface area contributed by atoms with Crippen LogP contribution in [0, 0.1) is 10.1 Å². The molecule has 0 aromatic heterocycles. The molecule has 0 aliphatic heterocycles. The maximum atomic E-state index is 10.7. The van der Waals surface area contributed by atoms with Gasteiger partial charge in [-0.1, -0.05) is 35.3 Å². The monoisotopic (exact) mass is 324 g/mol. The van der Waals surface area contributed by atoms with Gasteiger partial charge in [0.15, 0.2) is 0 Å². The number of hydrogen-bond donors (Lipinski definition) is 1. The first-order valence-corrected chi connectivity index (χ1v) is 7.20. The minimum atomic E-state index is -0.423. The van der Waals surface area contributed by atoms with E-state index in [0.717, 1.165) is 23.6 Å². The fourth-order valence-corrected chi connectivity index (χ4v) is 2.23. The molecule has 2 rings (SSSR count). The van der Waals surface area contributed by atoms with E-state index in [0.29, 0.717) is 11.6 Å². The smallest absolute Gasteiger partial charge is 0.269 e. The highest BCUT2D eigenvalue weighted by Gasteiger charge is 2.09. The van der Waals surface area contributed by atoms with Crippen LogP contribution in [0.15, 0.2) is 42.5 Å². The first-order valence-electron chi connectivity index (χ1n) is 6.44. The van der Waals surface area contributed by atoms with E-state index in [4.69, 9.17) is 23.2 Å². The van der Waals surface area contributed by atoms with Crippen molar-refractivity contribution in [3.63, 3.8) is 0 Å². The lowest BCUT2D eigenvalue weighted by atomic mass is 10.1. The molecule has 0 atom stereocenters. The number of nitro groups is 1. The quantitative estimate of drug-likeness (QED) is 0.491. The fraction of sp³-hybridized carbons (Fsp3) is 0.200. The molecule has 0 heterocycles. The zero-order chi connectivity index (χ0) is 15.2. The van der Waals surface area contributed by atoms with Crippen LogP contribution in [0.2, 0.25) is 10.0 Å². The van der Waals surface area contributed by atoms with Gasteiger partial charge in [-0.15, -0.1) is 0 Å². The Kier molecular flexibility index (Phi) is 5.56. The molecule has 0 radical (unpaired) electrons. The molecule has 2 aromatic rings. The van der Waals surface area contributed by atoms with Gasteiger partial charge in [0.1, 0.15) is 0 Å². The standard InChI is InChI=1S/C15H14Cl2N2O2/c16-13-3-1-11(2-4-13)7-8-18-10-12-9-14(19(20)21)5-6-15(12)17/h1-6,9,18H,7-8,10H2. The molecule has 21 heavy (non-hydrogen) atoms. The molecule has 0 saturated carbocycles. The van der Waals surface area contributed by atoms with Gasteiger partial charge in [-0.3, -0.25) is 10.1 Å². The number of hydrogen-bond acceptors (Lipinski definition) is 3. The molecule has 1 N–H and O–H groups in total. The van der Waals surface area contributed by atoms with Crippen molar-refractivity contribution >= 4 is 28.9 Å². The topological polar surface area (TPSA) is 55.2 Å². The van der Waals surface area contributed by atoms with Gasteiger partial charge in [0.05, 0.1) is 4.92 Å². The molecule has 0 spiro atoms. The van der Waals surface area contributed by atoms with Gasteiger partial charge < -0.3 is 5.32 Å². The van der Waals surface area contributed by atoms with Crippen molar-refractivity contribution in [2.45, 2.75) is 13.0 Å². The number of non-ortho nitro benzene ring substituents is 1. The second-order valence-electron chi connectivity index (χ2n) is 4.59. The van der Waals surface area contributed by atoms with Crippen LogP contribution in [0.4, 0.5) is 5.69 Å². The van der Waals surface area contributed by atoms with Crippen molar-refractivity contribution in [3.8, 4) is 0 Å². The van der Waals surface area contributed by atoms with Crippen molar-refractivity contribution < 1.29 is 4.92 Å². The Morgan fingerprint density at radius 1 is 1.10 bits per heavy atom. The molecule has 0 aliphatic rings. The summed E-state index contributed by atoms with van der Waals surface area (Å²) in [4.78, 5) is 10.3. The number of halogens is 2.